The van der Waals surface area contributed by atoms with E-state index in [0.717, 1.165) is 0 Å². The van der Waals surface area contributed by atoms with Crippen molar-refractivity contribution in [1.82, 2.24) is 0 Å². The maximum Gasteiger partial charge on any atom is 0.366 e. The van der Waals surface area contributed by atoms with Crippen LogP contribution in [0.15, 0.2) is 24.0 Å². The average Bonchev–Trinajstić information content (AvgIpc) is 3.77. The Kier molecular flexibility index (Phi) is 5.98. The molecule has 5 heterocycles. The van der Waals surface area contributed by atoms with Gasteiger partial charge in [-0.3, -0.25) is 0 Å². The molecule has 1 spiro atoms. The first-order valence-electron chi connectivity index (χ1n) is 16.0. The number of esters is 2. The molecule has 2 N–H and O–H groups in total. The van der Waals surface area contributed by atoms with Crippen molar-refractivity contribution in [1.29, 1.82) is 0 Å². The van der Waals surface area contributed by atoms with Gasteiger partial charge in [-0.05, 0) is 46.1 Å². The second-order valence-corrected chi connectivity index (χ2v) is 15.2. The number of methoxy groups -OCH3 is 2. The molecule has 0 aromatic heterocycles. The Bertz CT molecular complexity index is 1410. The number of fused-ring (bicyclic) bond motifs is 11. The molecule has 0 radical (unpaired) electrons. The Morgan fingerprint density at radius 1 is 1.11 bits per heavy atom. The SMILES string of the molecule is CC=C(C)C(=O)OC1CCC23COC(OC)(C(=O)OC)C2C2(C)C(OC4(C)C5CC(OC6OC=CC65O)C42O)C2OCC1(C)C23. The van der Waals surface area contributed by atoms with Crippen LogP contribution in [0.25, 0.3) is 0 Å². The van der Waals surface area contributed by atoms with Gasteiger partial charge in [0.25, 0.3) is 5.79 Å². The number of ether oxygens (including phenoxy) is 8. The van der Waals surface area contributed by atoms with Crippen LogP contribution in [0.4, 0.5) is 0 Å². The Hall–Kier alpha value is -2.06. The monoisotopic (exact) mass is 632 g/mol. The van der Waals surface area contributed by atoms with E-state index in [2.05, 4.69) is 6.92 Å². The second kappa shape index (κ2) is 8.89. The van der Waals surface area contributed by atoms with E-state index in [-0.39, 0.29) is 25.1 Å². The van der Waals surface area contributed by atoms with E-state index >= 15 is 0 Å². The summed E-state index contributed by atoms with van der Waals surface area (Å²) >= 11 is 0. The lowest BCUT2D eigenvalue weighted by Crippen LogP contribution is -2.76. The normalized spacial score (nSPS) is 58.2. The zero-order valence-corrected chi connectivity index (χ0v) is 26.9. The van der Waals surface area contributed by atoms with Crippen molar-refractivity contribution in [3.63, 3.8) is 0 Å². The van der Waals surface area contributed by atoms with E-state index in [9.17, 15) is 19.8 Å². The fraction of sp³-hybridized carbons (Fsp3) is 0.818. The first-order valence-corrected chi connectivity index (χ1v) is 16.0. The summed E-state index contributed by atoms with van der Waals surface area (Å²) in [5, 5.41) is 25.3. The van der Waals surface area contributed by atoms with Crippen molar-refractivity contribution in [2.45, 2.75) is 107 Å². The highest BCUT2D eigenvalue weighted by Crippen LogP contribution is 2.80. The van der Waals surface area contributed by atoms with Crippen LogP contribution in [0.2, 0.25) is 0 Å². The van der Waals surface area contributed by atoms with Crippen LogP contribution in [-0.4, -0.2) is 103 Å². The molecule has 0 aromatic carbocycles. The van der Waals surface area contributed by atoms with Gasteiger partial charge in [0.05, 0.1) is 44.9 Å². The molecule has 8 rings (SSSR count). The number of hydrogen-bond donors (Lipinski definition) is 2. The van der Waals surface area contributed by atoms with E-state index in [4.69, 9.17) is 37.9 Å². The molecule has 3 aliphatic carbocycles. The minimum Gasteiger partial charge on any atom is -0.469 e. The predicted octanol–water partition coefficient (Wildman–Crippen LogP) is 1.76. The van der Waals surface area contributed by atoms with Gasteiger partial charge in [-0.25, -0.2) is 9.59 Å². The van der Waals surface area contributed by atoms with E-state index < -0.39 is 87.3 Å². The Balaban J connectivity index is 1.33. The topological polar surface area (TPSA) is 148 Å². The maximum absolute atomic E-state index is 13.9. The van der Waals surface area contributed by atoms with Gasteiger partial charge < -0.3 is 48.1 Å². The molecule has 45 heavy (non-hydrogen) atoms. The van der Waals surface area contributed by atoms with Gasteiger partial charge in [0, 0.05) is 46.7 Å². The molecule has 4 saturated heterocycles. The van der Waals surface area contributed by atoms with Crippen LogP contribution >= 0.6 is 0 Å². The van der Waals surface area contributed by atoms with Gasteiger partial charge in [0.1, 0.15) is 17.3 Å². The van der Waals surface area contributed by atoms with E-state index in [0.29, 0.717) is 24.8 Å². The molecule has 3 saturated carbocycles. The van der Waals surface area contributed by atoms with Crippen LogP contribution < -0.4 is 0 Å². The molecule has 0 aromatic rings. The van der Waals surface area contributed by atoms with E-state index in [1.807, 2.05) is 13.8 Å². The standard InChI is InChI=1S/C33H44O12/c1-8-16(2)23(34)43-18-9-10-30-15-42-32(39-7,25(35)38-6)24(30)28(4)22(20-21(30)27(18,3)14-41-20)45-29(5)17-13-19(33(28,29)37)44-26-31(17,36)11-12-40-26/h8,11-12,17-22,24,26,36-37H,9-10,13-15H2,1-7H3. The van der Waals surface area contributed by atoms with Gasteiger partial charge in [0.2, 0.25) is 6.29 Å². The molecule has 8 aliphatic rings. The fourth-order valence-corrected chi connectivity index (χ4v) is 12.0. The number of carbonyl (C=O) groups is 2. The summed E-state index contributed by atoms with van der Waals surface area (Å²) < 4.78 is 50.1. The Labute approximate surface area is 262 Å². The van der Waals surface area contributed by atoms with Crippen molar-refractivity contribution in [2.75, 3.05) is 27.4 Å². The number of allylic oxidation sites excluding steroid dienone is 1. The fourth-order valence-electron chi connectivity index (χ4n) is 12.0. The third-order valence-corrected chi connectivity index (χ3v) is 13.9. The highest BCUT2D eigenvalue weighted by molar-refractivity contribution is 5.87. The zero-order chi connectivity index (χ0) is 32.2. The summed E-state index contributed by atoms with van der Waals surface area (Å²) in [6.45, 7) is 9.77. The number of carbonyl (C=O) groups excluding carboxylic acids is 2. The molecule has 2 bridgehead atoms. The van der Waals surface area contributed by atoms with Gasteiger partial charge >= 0.3 is 11.9 Å². The lowest BCUT2D eigenvalue weighted by atomic mass is 9.38. The molecule has 15 atom stereocenters. The highest BCUT2D eigenvalue weighted by Gasteiger charge is 2.92. The van der Waals surface area contributed by atoms with Gasteiger partial charge in [-0.15, -0.1) is 0 Å². The summed E-state index contributed by atoms with van der Waals surface area (Å²) in [4.78, 5) is 27.0. The number of aliphatic hydroxyl groups is 2. The maximum atomic E-state index is 13.9. The summed E-state index contributed by atoms with van der Waals surface area (Å²) in [5.74, 6) is -4.66. The van der Waals surface area contributed by atoms with Crippen molar-refractivity contribution in [2.24, 2.45) is 34.0 Å². The molecular formula is C33H44O12. The van der Waals surface area contributed by atoms with E-state index in [1.54, 1.807) is 26.0 Å². The molecule has 15 unspecified atom stereocenters. The molecule has 7 fully saturated rings. The Morgan fingerprint density at radius 2 is 1.87 bits per heavy atom. The van der Waals surface area contributed by atoms with Crippen molar-refractivity contribution < 1.29 is 57.7 Å². The van der Waals surface area contributed by atoms with Gasteiger partial charge in [0.15, 0.2) is 5.60 Å². The molecule has 12 nitrogen and oxygen atoms in total. The first kappa shape index (κ1) is 30.3. The third kappa shape index (κ3) is 2.98. The lowest BCUT2D eigenvalue weighted by Gasteiger charge is -2.64. The third-order valence-electron chi connectivity index (χ3n) is 13.9. The van der Waals surface area contributed by atoms with Gasteiger partial charge in [-0.2, -0.15) is 0 Å². The van der Waals surface area contributed by atoms with Crippen LogP contribution in [0.3, 0.4) is 0 Å². The Morgan fingerprint density at radius 3 is 2.56 bits per heavy atom. The summed E-state index contributed by atoms with van der Waals surface area (Å²) in [5.41, 5.74) is -6.81. The summed E-state index contributed by atoms with van der Waals surface area (Å²) in [7, 11) is 2.72. The van der Waals surface area contributed by atoms with Crippen LogP contribution in [-0.2, 0) is 47.5 Å². The summed E-state index contributed by atoms with van der Waals surface area (Å²) in [6.07, 6.45) is 2.45. The molecule has 5 aliphatic heterocycles. The zero-order valence-electron chi connectivity index (χ0n) is 26.9. The minimum atomic E-state index is -1.88. The quantitative estimate of drug-likeness (QED) is 0.344. The van der Waals surface area contributed by atoms with E-state index in [1.165, 1.54) is 20.5 Å². The summed E-state index contributed by atoms with van der Waals surface area (Å²) in [6, 6.07) is 0. The van der Waals surface area contributed by atoms with Crippen molar-refractivity contribution in [3.8, 4) is 0 Å². The first-order chi connectivity index (χ1) is 21.2. The molecular weight excluding hydrogens is 588 g/mol. The lowest BCUT2D eigenvalue weighted by molar-refractivity contribution is -0.309. The second-order valence-electron chi connectivity index (χ2n) is 15.2. The number of rotatable bonds is 4. The molecule has 248 valence electrons. The van der Waals surface area contributed by atoms with Crippen LogP contribution in [0, 0.1) is 34.0 Å². The van der Waals surface area contributed by atoms with Gasteiger partial charge in [-0.1, -0.05) is 19.9 Å². The van der Waals surface area contributed by atoms with Crippen LogP contribution in [0.5, 0.6) is 0 Å². The van der Waals surface area contributed by atoms with Crippen LogP contribution in [0.1, 0.15) is 53.9 Å². The number of hydrogen-bond acceptors (Lipinski definition) is 12. The molecule has 12 heteroatoms. The largest absolute Gasteiger partial charge is 0.469 e. The molecule has 0 amide bonds. The average molecular weight is 633 g/mol. The predicted molar refractivity (Wildman–Crippen MR) is 152 cm³/mol. The van der Waals surface area contributed by atoms with Crippen molar-refractivity contribution >= 4 is 11.9 Å². The van der Waals surface area contributed by atoms with Crippen molar-refractivity contribution in [3.05, 3.63) is 24.0 Å². The minimum absolute atomic E-state index is 0.137. The highest BCUT2D eigenvalue weighted by atomic mass is 16.7. The smallest absolute Gasteiger partial charge is 0.366 e.